The molecule has 4 heteroatoms. The van der Waals surface area contributed by atoms with Crippen LogP contribution in [0.5, 0.6) is 0 Å². The molecule has 0 radical (unpaired) electrons. The van der Waals surface area contributed by atoms with E-state index in [0.717, 1.165) is 5.56 Å². The zero-order valence-corrected chi connectivity index (χ0v) is 8.43. The number of amides is 3. The SMILES string of the molecule is CN1C(=O)NC(=O)C1Cc1ccccc1. The van der Waals surface area contributed by atoms with Gasteiger partial charge in [-0.15, -0.1) is 0 Å². The largest absolute Gasteiger partial charge is 0.324 e. The molecule has 1 saturated heterocycles. The topological polar surface area (TPSA) is 49.4 Å². The summed E-state index contributed by atoms with van der Waals surface area (Å²) < 4.78 is 0. The number of likely N-dealkylation sites (N-methyl/N-ethyl adjacent to an activating group) is 1. The van der Waals surface area contributed by atoms with Crippen LogP contribution in [-0.4, -0.2) is 29.9 Å². The number of nitrogens with zero attached hydrogens (tertiary/aromatic N) is 1. The molecule has 1 N–H and O–H groups in total. The first kappa shape index (κ1) is 9.71. The van der Waals surface area contributed by atoms with Crippen LogP contribution in [0.1, 0.15) is 5.56 Å². The molecule has 1 aliphatic rings. The van der Waals surface area contributed by atoms with Crippen molar-refractivity contribution in [2.75, 3.05) is 7.05 Å². The van der Waals surface area contributed by atoms with Gasteiger partial charge in [0.15, 0.2) is 0 Å². The lowest BCUT2D eigenvalue weighted by atomic mass is 10.1. The molecule has 0 saturated carbocycles. The Labute approximate surface area is 87.9 Å². The third kappa shape index (κ3) is 1.83. The summed E-state index contributed by atoms with van der Waals surface area (Å²) >= 11 is 0. The molecule has 15 heavy (non-hydrogen) atoms. The summed E-state index contributed by atoms with van der Waals surface area (Å²) in [6, 6.07) is 8.97. The molecule has 1 aromatic carbocycles. The Morgan fingerprint density at radius 3 is 2.47 bits per heavy atom. The van der Waals surface area contributed by atoms with Crippen LogP contribution in [0.15, 0.2) is 30.3 Å². The average molecular weight is 204 g/mol. The fourth-order valence-corrected chi connectivity index (χ4v) is 1.66. The molecule has 1 aromatic rings. The highest BCUT2D eigenvalue weighted by Gasteiger charge is 2.35. The van der Waals surface area contributed by atoms with Crippen LogP contribution in [0.4, 0.5) is 4.79 Å². The van der Waals surface area contributed by atoms with Gasteiger partial charge in [0.1, 0.15) is 6.04 Å². The van der Waals surface area contributed by atoms with Crippen molar-refractivity contribution in [3.05, 3.63) is 35.9 Å². The quantitative estimate of drug-likeness (QED) is 0.724. The minimum atomic E-state index is -0.375. The zero-order valence-electron chi connectivity index (χ0n) is 8.43. The van der Waals surface area contributed by atoms with Gasteiger partial charge in [0.05, 0.1) is 0 Å². The van der Waals surface area contributed by atoms with E-state index in [9.17, 15) is 9.59 Å². The van der Waals surface area contributed by atoms with Crippen molar-refractivity contribution >= 4 is 11.9 Å². The van der Waals surface area contributed by atoms with E-state index >= 15 is 0 Å². The van der Waals surface area contributed by atoms with E-state index in [4.69, 9.17) is 0 Å². The minimum absolute atomic E-state index is 0.216. The molecule has 78 valence electrons. The molecule has 1 fully saturated rings. The van der Waals surface area contributed by atoms with Crippen LogP contribution in [0.3, 0.4) is 0 Å². The van der Waals surface area contributed by atoms with Crippen LogP contribution in [0.25, 0.3) is 0 Å². The molecule has 4 nitrogen and oxygen atoms in total. The molecule has 0 bridgehead atoms. The van der Waals surface area contributed by atoms with Crippen molar-refractivity contribution in [3.8, 4) is 0 Å². The third-order valence-corrected chi connectivity index (χ3v) is 2.59. The molecule has 2 rings (SSSR count). The molecule has 1 heterocycles. The van der Waals surface area contributed by atoms with Gasteiger partial charge in [0, 0.05) is 13.5 Å². The number of nitrogens with one attached hydrogen (secondary N) is 1. The highest BCUT2D eigenvalue weighted by Crippen LogP contribution is 2.12. The summed E-state index contributed by atoms with van der Waals surface area (Å²) in [6.07, 6.45) is 0.564. The maximum atomic E-state index is 11.4. The number of benzene rings is 1. The molecular formula is C11H12N2O2. The molecule has 0 aromatic heterocycles. The Bertz CT molecular complexity index is 389. The summed E-state index contributed by atoms with van der Waals surface area (Å²) in [5.74, 6) is -0.216. The van der Waals surface area contributed by atoms with Gasteiger partial charge in [0.2, 0.25) is 0 Å². The average Bonchev–Trinajstić information content (AvgIpc) is 2.47. The Hall–Kier alpha value is -1.84. The molecular weight excluding hydrogens is 192 g/mol. The van der Waals surface area contributed by atoms with Gasteiger partial charge in [-0.2, -0.15) is 0 Å². The number of imide groups is 1. The highest BCUT2D eigenvalue weighted by molar-refractivity contribution is 6.04. The molecule has 0 spiro atoms. The molecule has 1 atom stereocenters. The minimum Gasteiger partial charge on any atom is -0.315 e. The molecule has 1 aliphatic heterocycles. The fourth-order valence-electron chi connectivity index (χ4n) is 1.66. The van der Waals surface area contributed by atoms with Crippen LogP contribution in [-0.2, 0) is 11.2 Å². The maximum absolute atomic E-state index is 11.4. The standard InChI is InChI=1S/C11H12N2O2/c1-13-9(10(14)12-11(13)15)7-8-5-3-2-4-6-8/h2-6,9H,7H2,1H3,(H,12,14,15). The summed E-state index contributed by atoms with van der Waals surface area (Å²) in [6.45, 7) is 0. The summed E-state index contributed by atoms with van der Waals surface area (Å²) in [5, 5.41) is 2.28. The van der Waals surface area contributed by atoms with Crippen LogP contribution in [0.2, 0.25) is 0 Å². The summed E-state index contributed by atoms with van der Waals surface area (Å²) in [7, 11) is 1.63. The van der Waals surface area contributed by atoms with Gasteiger partial charge in [-0.1, -0.05) is 30.3 Å². The smallest absolute Gasteiger partial charge is 0.315 e. The second-order valence-electron chi connectivity index (χ2n) is 3.61. The van der Waals surface area contributed by atoms with Gasteiger partial charge in [-0.05, 0) is 5.56 Å². The Balaban J connectivity index is 2.13. The van der Waals surface area contributed by atoms with Crippen LogP contribution in [0, 0.1) is 0 Å². The second-order valence-corrected chi connectivity index (χ2v) is 3.61. The lowest BCUT2D eigenvalue weighted by Crippen LogP contribution is -2.33. The van der Waals surface area contributed by atoms with Crippen LogP contribution >= 0.6 is 0 Å². The zero-order chi connectivity index (χ0) is 10.8. The third-order valence-electron chi connectivity index (χ3n) is 2.59. The number of rotatable bonds is 2. The Kier molecular flexibility index (Phi) is 2.41. The van der Waals surface area contributed by atoms with Crippen molar-refractivity contribution in [3.63, 3.8) is 0 Å². The van der Waals surface area contributed by atoms with Gasteiger partial charge >= 0.3 is 6.03 Å². The lowest BCUT2D eigenvalue weighted by molar-refractivity contribution is -0.121. The molecule has 1 unspecified atom stereocenters. The molecule has 3 amide bonds. The van der Waals surface area contributed by atoms with E-state index in [-0.39, 0.29) is 18.0 Å². The van der Waals surface area contributed by atoms with E-state index in [2.05, 4.69) is 5.32 Å². The van der Waals surface area contributed by atoms with E-state index in [1.54, 1.807) is 7.05 Å². The monoisotopic (exact) mass is 204 g/mol. The predicted molar refractivity (Wildman–Crippen MR) is 55.2 cm³/mol. The number of urea groups is 1. The first-order valence-corrected chi connectivity index (χ1v) is 4.80. The Morgan fingerprint density at radius 2 is 1.93 bits per heavy atom. The lowest BCUT2D eigenvalue weighted by Gasteiger charge is -2.15. The second kappa shape index (κ2) is 3.73. The van der Waals surface area contributed by atoms with E-state index in [1.165, 1.54) is 4.90 Å². The fraction of sp³-hybridized carbons (Fsp3) is 0.273. The van der Waals surface area contributed by atoms with Crippen molar-refractivity contribution in [1.29, 1.82) is 0 Å². The maximum Gasteiger partial charge on any atom is 0.324 e. The first-order chi connectivity index (χ1) is 7.18. The number of hydrogen-bond donors (Lipinski definition) is 1. The normalized spacial score (nSPS) is 20.6. The summed E-state index contributed by atoms with van der Waals surface area (Å²) in [5.41, 5.74) is 1.05. The summed E-state index contributed by atoms with van der Waals surface area (Å²) in [4.78, 5) is 24.0. The highest BCUT2D eigenvalue weighted by atomic mass is 16.2. The number of hydrogen-bond acceptors (Lipinski definition) is 2. The number of carbonyl (C=O) groups excluding carboxylic acids is 2. The van der Waals surface area contributed by atoms with Crippen molar-refractivity contribution in [2.24, 2.45) is 0 Å². The van der Waals surface area contributed by atoms with Crippen molar-refractivity contribution < 1.29 is 9.59 Å². The van der Waals surface area contributed by atoms with Crippen molar-refractivity contribution in [2.45, 2.75) is 12.5 Å². The first-order valence-electron chi connectivity index (χ1n) is 4.80. The number of carbonyl (C=O) groups is 2. The van der Waals surface area contributed by atoms with E-state index in [1.807, 2.05) is 30.3 Å². The van der Waals surface area contributed by atoms with Gasteiger partial charge in [-0.3, -0.25) is 10.1 Å². The van der Waals surface area contributed by atoms with E-state index < -0.39 is 0 Å². The van der Waals surface area contributed by atoms with Gasteiger partial charge in [0.25, 0.3) is 5.91 Å². The Morgan fingerprint density at radius 1 is 1.27 bits per heavy atom. The predicted octanol–water partition coefficient (Wildman–Crippen LogP) is 0.779. The van der Waals surface area contributed by atoms with Gasteiger partial charge in [-0.25, -0.2) is 4.79 Å². The van der Waals surface area contributed by atoms with Crippen molar-refractivity contribution in [1.82, 2.24) is 10.2 Å². The van der Waals surface area contributed by atoms with Gasteiger partial charge < -0.3 is 4.90 Å². The molecule has 0 aliphatic carbocycles. The van der Waals surface area contributed by atoms with Crippen LogP contribution < -0.4 is 5.32 Å². The van der Waals surface area contributed by atoms with E-state index in [0.29, 0.717) is 6.42 Å².